The molecule has 0 heterocycles. The molecule has 0 saturated heterocycles. The number of nitrogens with one attached hydrogen (secondary N) is 1. The van der Waals surface area contributed by atoms with Crippen LogP contribution in [0.4, 0.5) is 4.79 Å². The molecule has 0 aliphatic carbocycles. The SMILES string of the molecule is N#CNOC(=O)O.[CaH2]. The molecule has 5 nitrogen and oxygen atoms in total. The summed E-state index contributed by atoms with van der Waals surface area (Å²) >= 11 is 0. The molecular weight excluding hydrogens is 140 g/mol. The molecule has 0 radical (unpaired) electrons. The van der Waals surface area contributed by atoms with Crippen LogP contribution < -0.4 is 5.48 Å². The van der Waals surface area contributed by atoms with E-state index in [1.165, 1.54) is 11.7 Å². The second-order valence-electron chi connectivity index (χ2n) is 0.582. The molecule has 2 N–H and O–H groups in total. The van der Waals surface area contributed by atoms with Gasteiger partial charge < -0.3 is 5.11 Å². The summed E-state index contributed by atoms with van der Waals surface area (Å²) in [4.78, 5) is 12.8. The zero-order valence-electron chi connectivity index (χ0n) is 3.21. The first kappa shape index (κ1) is 10.7. The van der Waals surface area contributed by atoms with E-state index in [4.69, 9.17) is 10.4 Å². The van der Waals surface area contributed by atoms with Crippen LogP contribution in [0.25, 0.3) is 0 Å². The molecule has 0 aromatic carbocycles. The summed E-state index contributed by atoms with van der Waals surface area (Å²) in [6.07, 6.45) is -0.280. The molecule has 0 aromatic rings. The molecule has 0 rings (SSSR count). The van der Waals surface area contributed by atoms with E-state index < -0.39 is 6.16 Å². The summed E-state index contributed by atoms with van der Waals surface area (Å²) in [5.74, 6) is 0. The average molecular weight is 144 g/mol. The molecule has 0 bridgehead atoms. The van der Waals surface area contributed by atoms with Crippen LogP contribution in [0.2, 0.25) is 0 Å². The van der Waals surface area contributed by atoms with Gasteiger partial charge in [0.2, 0.25) is 6.19 Å². The average Bonchev–Trinajstić information content (AvgIpc) is 1.61. The number of hydrogen-bond donors (Lipinski definition) is 2. The van der Waals surface area contributed by atoms with Crippen molar-refractivity contribution in [3.63, 3.8) is 0 Å². The first-order chi connectivity index (χ1) is 3.27. The molecule has 0 aliphatic heterocycles. The molecule has 0 unspecified atom stereocenters. The fraction of sp³-hybridized carbons (Fsp3) is 0. The number of carbonyl (C=O) groups is 1. The number of hydrogen-bond acceptors (Lipinski definition) is 4. The van der Waals surface area contributed by atoms with Crippen LogP contribution in [0.1, 0.15) is 0 Å². The van der Waals surface area contributed by atoms with Gasteiger partial charge >= 0.3 is 43.9 Å². The summed E-state index contributed by atoms with van der Waals surface area (Å²) in [6, 6.07) is 0. The van der Waals surface area contributed by atoms with Crippen molar-refractivity contribution >= 4 is 43.9 Å². The molecule has 0 saturated carbocycles. The van der Waals surface area contributed by atoms with Crippen LogP contribution in [-0.4, -0.2) is 49.0 Å². The maximum absolute atomic E-state index is 9.32. The van der Waals surface area contributed by atoms with Crippen LogP contribution in [-0.2, 0) is 4.84 Å². The third-order valence-electron chi connectivity index (χ3n) is 0.184. The van der Waals surface area contributed by atoms with Gasteiger partial charge in [-0.15, -0.1) is 5.48 Å². The Morgan fingerprint density at radius 1 is 1.88 bits per heavy atom. The van der Waals surface area contributed by atoms with Crippen molar-refractivity contribution < 1.29 is 14.7 Å². The minimum absolute atomic E-state index is 0. The zero-order chi connectivity index (χ0) is 5.70. The third-order valence-corrected chi connectivity index (χ3v) is 0.184. The Morgan fingerprint density at radius 3 is 2.50 bits per heavy atom. The fourth-order valence-corrected chi connectivity index (χ4v) is 0.0665. The number of nitrogens with zero attached hydrogens (tertiary/aromatic N) is 1. The molecule has 0 fully saturated rings. The summed E-state index contributed by atoms with van der Waals surface area (Å²) < 4.78 is 0. The van der Waals surface area contributed by atoms with Crippen molar-refractivity contribution in [2.24, 2.45) is 0 Å². The monoisotopic (exact) mass is 144 g/mol. The topological polar surface area (TPSA) is 82.3 Å². The molecule has 8 heavy (non-hydrogen) atoms. The minimum atomic E-state index is -1.53. The Bertz CT molecular complexity index is 108. The van der Waals surface area contributed by atoms with Gasteiger partial charge in [0.25, 0.3) is 0 Å². The molecule has 0 spiro atoms. The van der Waals surface area contributed by atoms with Crippen molar-refractivity contribution in [2.75, 3.05) is 0 Å². The maximum atomic E-state index is 9.32. The van der Waals surface area contributed by atoms with Crippen LogP contribution in [0, 0.1) is 11.5 Å². The van der Waals surface area contributed by atoms with Crippen LogP contribution in [0.3, 0.4) is 0 Å². The van der Waals surface area contributed by atoms with Gasteiger partial charge in [-0.05, 0) is 0 Å². The van der Waals surface area contributed by atoms with Gasteiger partial charge in [0.15, 0.2) is 0 Å². The fourth-order valence-electron chi connectivity index (χ4n) is 0.0665. The number of nitriles is 1. The molecule has 0 aliphatic rings. The van der Waals surface area contributed by atoms with Gasteiger partial charge in [-0.25, -0.2) is 4.79 Å². The van der Waals surface area contributed by atoms with E-state index in [9.17, 15) is 4.79 Å². The Labute approximate surface area is 75.2 Å². The summed E-state index contributed by atoms with van der Waals surface area (Å²) in [6.45, 7) is 0. The normalized spacial score (nSPS) is 5.38. The molecule has 0 amide bonds. The van der Waals surface area contributed by atoms with Crippen LogP contribution >= 0.6 is 0 Å². The van der Waals surface area contributed by atoms with E-state index in [1.54, 1.807) is 0 Å². The summed E-state index contributed by atoms with van der Waals surface area (Å²) in [5, 5.41) is 15.2. The van der Waals surface area contributed by atoms with Gasteiger partial charge in [0.05, 0.1) is 0 Å². The van der Waals surface area contributed by atoms with Gasteiger partial charge in [-0.3, -0.25) is 4.84 Å². The van der Waals surface area contributed by atoms with E-state index >= 15 is 0 Å². The Morgan fingerprint density at radius 2 is 2.38 bits per heavy atom. The number of rotatable bonds is 1. The molecular formula is C2H4CaN2O3. The Balaban J connectivity index is 0. The predicted octanol–water partition coefficient (Wildman–Crippen LogP) is -1.25. The van der Waals surface area contributed by atoms with Gasteiger partial charge in [0.1, 0.15) is 0 Å². The Kier molecular flexibility index (Phi) is 9.15. The standard InChI is InChI=1S/C2H2N2O3.Ca.2H/c3-1-4-7-2(5)6;;;/h4H,(H,5,6);;;. The van der Waals surface area contributed by atoms with E-state index in [1.807, 2.05) is 0 Å². The quantitative estimate of drug-likeness (QED) is 0.208. The van der Waals surface area contributed by atoms with Crippen molar-refractivity contribution in [1.29, 1.82) is 5.26 Å². The van der Waals surface area contributed by atoms with Crippen molar-refractivity contribution in [1.82, 2.24) is 5.48 Å². The third kappa shape index (κ3) is 9.27. The summed E-state index contributed by atoms with van der Waals surface area (Å²) in [5.41, 5.74) is 1.45. The summed E-state index contributed by atoms with van der Waals surface area (Å²) in [7, 11) is 0. The van der Waals surface area contributed by atoms with E-state index in [2.05, 4.69) is 4.84 Å². The second kappa shape index (κ2) is 6.82. The predicted molar refractivity (Wildman–Crippen MR) is 26.4 cm³/mol. The number of hydroxylamine groups is 1. The van der Waals surface area contributed by atoms with Gasteiger partial charge in [-0.1, -0.05) is 0 Å². The van der Waals surface area contributed by atoms with Gasteiger partial charge in [0, 0.05) is 0 Å². The Hall–Kier alpha value is -0.180. The van der Waals surface area contributed by atoms with Gasteiger partial charge in [-0.2, -0.15) is 5.26 Å². The van der Waals surface area contributed by atoms with Crippen LogP contribution in [0.5, 0.6) is 0 Å². The zero-order valence-corrected chi connectivity index (χ0v) is 3.21. The molecule has 0 atom stereocenters. The first-order valence-corrected chi connectivity index (χ1v) is 1.31. The second-order valence-corrected chi connectivity index (χ2v) is 0.582. The molecule has 6 heteroatoms. The van der Waals surface area contributed by atoms with Crippen molar-refractivity contribution in [3.05, 3.63) is 0 Å². The van der Waals surface area contributed by atoms with Crippen LogP contribution in [0.15, 0.2) is 0 Å². The van der Waals surface area contributed by atoms with E-state index in [-0.39, 0.29) is 37.7 Å². The number of carboxylic acid groups (broad SMARTS) is 1. The van der Waals surface area contributed by atoms with Crippen molar-refractivity contribution in [3.8, 4) is 6.19 Å². The molecule has 0 aromatic heterocycles. The molecule has 42 valence electrons. The van der Waals surface area contributed by atoms with E-state index in [0.717, 1.165) is 0 Å². The van der Waals surface area contributed by atoms with E-state index in [0.29, 0.717) is 0 Å². The first-order valence-electron chi connectivity index (χ1n) is 1.31. The van der Waals surface area contributed by atoms with Crippen molar-refractivity contribution in [2.45, 2.75) is 0 Å².